The molecule has 126 valence electrons. The smallest absolute Gasteiger partial charge is 0.289 e. The predicted octanol–water partition coefficient (Wildman–Crippen LogP) is -1.09. The van der Waals surface area contributed by atoms with Crippen molar-refractivity contribution >= 4 is 17.5 Å². The topological polar surface area (TPSA) is 53.3 Å². The normalized spacial score (nSPS) is 16.4. The Hall–Kier alpha value is -1.96. The summed E-state index contributed by atoms with van der Waals surface area (Å²) in [5.41, 5.74) is 1.55. The molecule has 0 saturated heterocycles. The van der Waals surface area contributed by atoms with E-state index in [-0.39, 0.29) is 48.4 Å². The number of halogens is 1. The molecule has 1 N–H and O–H groups in total. The molecule has 0 saturated carbocycles. The highest BCUT2D eigenvalue weighted by atomic mass is 127. The molecular formula is C18H20IN3O2. The standard InChI is InChI=1S/C18H19N3O2.HI/c1-13(2)21-16(22)12-20-11-7-6-10-15(20)17(21)18(23)19-14-8-4-3-5-9-14;/h3-11,13,17H,12H2,1-2H3;1H. The average Bonchev–Trinajstić information content (AvgIpc) is 2.54. The summed E-state index contributed by atoms with van der Waals surface area (Å²) in [5, 5.41) is 2.91. The highest BCUT2D eigenvalue weighted by Crippen LogP contribution is 2.25. The first kappa shape index (κ1) is 18.4. The number of nitrogens with one attached hydrogen (secondary N) is 1. The van der Waals surface area contributed by atoms with Crippen molar-refractivity contribution in [3.8, 4) is 0 Å². The first-order valence-corrected chi connectivity index (χ1v) is 7.73. The molecule has 5 nitrogen and oxygen atoms in total. The van der Waals surface area contributed by atoms with Gasteiger partial charge in [-0.25, -0.2) is 0 Å². The maximum Gasteiger partial charge on any atom is 0.289 e. The van der Waals surface area contributed by atoms with Crippen LogP contribution in [0.2, 0.25) is 0 Å². The lowest BCUT2D eigenvalue weighted by atomic mass is 10.0. The molecule has 1 unspecified atom stereocenters. The van der Waals surface area contributed by atoms with E-state index in [2.05, 4.69) is 5.32 Å². The number of fused-ring (bicyclic) bond motifs is 1. The molecule has 0 radical (unpaired) electrons. The lowest BCUT2D eigenvalue weighted by molar-refractivity contribution is -0.699. The number of carbonyl (C=O) groups excluding carboxylic acids is 2. The molecule has 0 fully saturated rings. The van der Waals surface area contributed by atoms with E-state index in [0.29, 0.717) is 0 Å². The van der Waals surface area contributed by atoms with Crippen LogP contribution in [-0.4, -0.2) is 22.8 Å². The summed E-state index contributed by atoms with van der Waals surface area (Å²) < 4.78 is 1.84. The minimum atomic E-state index is -0.627. The number of pyridine rings is 1. The minimum absolute atomic E-state index is 0. The van der Waals surface area contributed by atoms with Gasteiger partial charge in [0.25, 0.3) is 11.8 Å². The highest BCUT2D eigenvalue weighted by Gasteiger charge is 2.43. The predicted molar refractivity (Wildman–Crippen MR) is 86.4 cm³/mol. The fourth-order valence-electron chi connectivity index (χ4n) is 2.97. The summed E-state index contributed by atoms with van der Waals surface area (Å²) >= 11 is 0. The van der Waals surface area contributed by atoms with Gasteiger partial charge in [0.15, 0.2) is 12.2 Å². The largest absolute Gasteiger partial charge is 1.00 e. The number of benzene rings is 1. The first-order valence-electron chi connectivity index (χ1n) is 7.73. The van der Waals surface area contributed by atoms with Crippen LogP contribution >= 0.6 is 0 Å². The zero-order valence-electron chi connectivity index (χ0n) is 13.6. The van der Waals surface area contributed by atoms with Crippen LogP contribution in [0.25, 0.3) is 0 Å². The van der Waals surface area contributed by atoms with Crippen LogP contribution in [0.5, 0.6) is 0 Å². The number of nitrogens with zero attached hydrogens (tertiary/aromatic N) is 2. The molecule has 0 spiro atoms. The van der Waals surface area contributed by atoms with Gasteiger partial charge in [-0.1, -0.05) is 24.3 Å². The van der Waals surface area contributed by atoms with Crippen LogP contribution in [0.4, 0.5) is 5.69 Å². The van der Waals surface area contributed by atoms with Crippen molar-refractivity contribution in [1.82, 2.24) is 4.90 Å². The molecule has 2 aromatic rings. The summed E-state index contributed by atoms with van der Waals surface area (Å²) in [7, 11) is 0. The Balaban J connectivity index is 0.00000208. The van der Waals surface area contributed by atoms with Crippen molar-refractivity contribution in [3.05, 3.63) is 60.4 Å². The molecule has 6 heteroatoms. The number of para-hydroxylation sites is 1. The van der Waals surface area contributed by atoms with Crippen molar-refractivity contribution in [2.75, 3.05) is 5.32 Å². The van der Waals surface area contributed by atoms with Gasteiger partial charge in [0.05, 0.1) is 0 Å². The van der Waals surface area contributed by atoms with Crippen LogP contribution < -0.4 is 33.9 Å². The Morgan fingerprint density at radius 2 is 1.83 bits per heavy atom. The van der Waals surface area contributed by atoms with Crippen LogP contribution in [-0.2, 0) is 16.1 Å². The van der Waals surface area contributed by atoms with E-state index >= 15 is 0 Å². The molecule has 0 bridgehead atoms. The Kier molecular flexibility index (Phi) is 5.93. The Morgan fingerprint density at radius 3 is 2.50 bits per heavy atom. The van der Waals surface area contributed by atoms with E-state index in [1.54, 1.807) is 4.90 Å². The second kappa shape index (κ2) is 7.74. The van der Waals surface area contributed by atoms with E-state index in [1.807, 2.05) is 73.1 Å². The first-order chi connectivity index (χ1) is 11.1. The van der Waals surface area contributed by atoms with Gasteiger partial charge in [-0.15, -0.1) is 0 Å². The summed E-state index contributed by atoms with van der Waals surface area (Å²) in [6, 6.07) is 14.3. The Bertz CT molecular complexity index is 734. The second-order valence-electron chi connectivity index (χ2n) is 5.91. The summed E-state index contributed by atoms with van der Waals surface area (Å²) in [4.78, 5) is 27.0. The van der Waals surface area contributed by atoms with Gasteiger partial charge >= 0.3 is 0 Å². The minimum Gasteiger partial charge on any atom is -1.00 e. The van der Waals surface area contributed by atoms with Gasteiger partial charge in [-0.3, -0.25) is 9.59 Å². The average molecular weight is 437 g/mol. The number of aromatic nitrogens is 1. The zero-order chi connectivity index (χ0) is 16.4. The molecule has 1 atom stereocenters. The fourth-order valence-corrected chi connectivity index (χ4v) is 2.97. The summed E-state index contributed by atoms with van der Waals surface area (Å²) in [5.74, 6) is -0.241. The molecule has 1 aliphatic rings. The van der Waals surface area contributed by atoms with E-state index in [4.69, 9.17) is 0 Å². The number of amides is 2. The molecule has 3 rings (SSSR count). The SMILES string of the molecule is CC(C)N1C(=O)C[n+]2ccccc2C1C(=O)Nc1ccccc1.[I-]. The number of rotatable bonds is 3. The third-order valence-corrected chi connectivity index (χ3v) is 3.97. The Morgan fingerprint density at radius 1 is 1.17 bits per heavy atom. The van der Waals surface area contributed by atoms with Gasteiger partial charge < -0.3 is 34.2 Å². The molecule has 1 aromatic heterocycles. The van der Waals surface area contributed by atoms with E-state index < -0.39 is 6.04 Å². The van der Waals surface area contributed by atoms with Crippen LogP contribution in [0.1, 0.15) is 25.6 Å². The van der Waals surface area contributed by atoms with Crippen LogP contribution in [0, 0.1) is 0 Å². The number of anilines is 1. The molecule has 1 aliphatic heterocycles. The van der Waals surface area contributed by atoms with Gasteiger partial charge in [0, 0.05) is 23.9 Å². The van der Waals surface area contributed by atoms with Gasteiger partial charge in [-0.05, 0) is 26.0 Å². The van der Waals surface area contributed by atoms with Gasteiger partial charge in [0.2, 0.25) is 12.2 Å². The lowest BCUT2D eigenvalue weighted by Crippen LogP contribution is -3.00. The van der Waals surface area contributed by atoms with Gasteiger partial charge in [-0.2, -0.15) is 4.57 Å². The highest BCUT2D eigenvalue weighted by molar-refractivity contribution is 5.97. The third-order valence-electron chi connectivity index (χ3n) is 3.97. The molecular weight excluding hydrogens is 417 g/mol. The number of hydrogen-bond acceptors (Lipinski definition) is 2. The molecule has 24 heavy (non-hydrogen) atoms. The summed E-state index contributed by atoms with van der Waals surface area (Å²) in [6.07, 6.45) is 1.84. The lowest BCUT2D eigenvalue weighted by Gasteiger charge is -2.35. The molecule has 1 aromatic carbocycles. The number of carbonyl (C=O) groups is 2. The van der Waals surface area contributed by atoms with E-state index in [9.17, 15) is 9.59 Å². The monoisotopic (exact) mass is 437 g/mol. The van der Waals surface area contributed by atoms with Crippen LogP contribution in [0.15, 0.2) is 54.7 Å². The van der Waals surface area contributed by atoms with Crippen molar-refractivity contribution in [3.63, 3.8) is 0 Å². The number of hydrogen-bond donors (Lipinski definition) is 1. The maximum atomic E-state index is 12.9. The van der Waals surface area contributed by atoms with Crippen LogP contribution in [0.3, 0.4) is 0 Å². The third kappa shape index (κ3) is 3.58. The quantitative estimate of drug-likeness (QED) is 0.490. The zero-order valence-corrected chi connectivity index (χ0v) is 15.8. The fraction of sp³-hybridized carbons (Fsp3) is 0.278. The van der Waals surface area contributed by atoms with E-state index in [1.165, 1.54) is 0 Å². The molecule has 0 aliphatic carbocycles. The maximum absolute atomic E-state index is 12.9. The molecule has 2 heterocycles. The molecule has 2 amide bonds. The van der Waals surface area contributed by atoms with Crippen molar-refractivity contribution in [2.24, 2.45) is 0 Å². The van der Waals surface area contributed by atoms with Crippen molar-refractivity contribution in [2.45, 2.75) is 32.5 Å². The summed E-state index contributed by atoms with van der Waals surface area (Å²) in [6.45, 7) is 4.13. The van der Waals surface area contributed by atoms with Crippen molar-refractivity contribution in [1.29, 1.82) is 0 Å². The Labute approximate surface area is 158 Å². The van der Waals surface area contributed by atoms with E-state index in [0.717, 1.165) is 11.4 Å². The second-order valence-corrected chi connectivity index (χ2v) is 5.91. The van der Waals surface area contributed by atoms with Crippen molar-refractivity contribution < 1.29 is 38.1 Å². The van der Waals surface area contributed by atoms with Gasteiger partial charge in [0.1, 0.15) is 0 Å².